The molecular weight excluding hydrogens is 288 g/mol. The van der Waals surface area contributed by atoms with E-state index in [0.717, 1.165) is 0 Å². The molecule has 6 heteroatoms. The fraction of sp³-hybridized carbons (Fsp3) is 0.273. The first kappa shape index (κ1) is 11.9. The normalized spacial score (nSPS) is 10.4. The van der Waals surface area contributed by atoms with E-state index in [1.807, 2.05) is 0 Å². The number of furan rings is 1. The summed E-state index contributed by atoms with van der Waals surface area (Å²) >= 11 is 3.20. The highest BCUT2D eigenvalue weighted by atomic mass is 79.9. The van der Waals surface area contributed by atoms with Gasteiger partial charge in [-0.25, -0.2) is 0 Å². The first-order valence-corrected chi connectivity index (χ1v) is 6.24. The molecule has 1 amide bonds. The Morgan fingerprint density at radius 3 is 3.06 bits per heavy atom. The molecule has 90 valence electrons. The number of nitrogens with one attached hydrogen (secondary N) is 1. The van der Waals surface area contributed by atoms with Gasteiger partial charge in [0.15, 0.2) is 5.76 Å². The zero-order valence-corrected chi connectivity index (χ0v) is 10.6. The summed E-state index contributed by atoms with van der Waals surface area (Å²) in [5.41, 5.74) is 0.666. The second kappa shape index (κ2) is 5.67. The van der Waals surface area contributed by atoms with Gasteiger partial charge in [-0.05, 0) is 12.1 Å². The van der Waals surface area contributed by atoms with Crippen LogP contribution in [-0.2, 0) is 11.3 Å². The number of halogens is 1. The van der Waals surface area contributed by atoms with Crippen molar-refractivity contribution in [3.05, 3.63) is 30.2 Å². The maximum atomic E-state index is 11.2. The van der Waals surface area contributed by atoms with E-state index in [9.17, 15) is 4.79 Å². The molecule has 2 aromatic heterocycles. The predicted molar refractivity (Wildman–Crippen MR) is 64.5 cm³/mol. The summed E-state index contributed by atoms with van der Waals surface area (Å²) in [6, 6.07) is 5.30. The highest BCUT2D eigenvalue weighted by Crippen LogP contribution is 2.20. The van der Waals surface area contributed by atoms with E-state index < -0.39 is 0 Å². The lowest BCUT2D eigenvalue weighted by Crippen LogP contribution is -2.22. The summed E-state index contributed by atoms with van der Waals surface area (Å²) < 4.78 is 10.3. The fourth-order valence-corrected chi connectivity index (χ4v) is 1.65. The Balaban J connectivity index is 1.93. The number of carbonyl (C=O) groups is 1. The predicted octanol–water partition coefficient (Wildman–Crippen LogP) is 2.34. The molecule has 2 rings (SSSR count). The zero-order valence-electron chi connectivity index (χ0n) is 8.98. The van der Waals surface area contributed by atoms with Crippen LogP contribution < -0.4 is 5.32 Å². The van der Waals surface area contributed by atoms with Crippen LogP contribution in [0.4, 0.5) is 0 Å². The monoisotopic (exact) mass is 298 g/mol. The summed E-state index contributed by atoms with van der Waals surface area (Å²) in [4.78, 5) is 11.2. The average Bonchev–Trinajstić information content (AvgIpc) is 2.97. The summed E-state index contributed by atoms with van der Waals surface area (Å²) in [5, 5.41) is 7.23. The first-order chi connectivity index (χ1) is 8.29. The number of aromatic nitrogens is 1. The van der Waals surface area contributed by atoms with Crippen molar-refractivity contribution in [2.75, 3.05) is 5.33 Å². The van der Waals surface area contributed by atoms with Gasteiger partial charge in [0, 0.05) is 17.8 Å². The van der Waals surface area contributed by atoms with Crippen LogP contribution in [0.25, 0.3) is 11.5 Å². The Kier molecular flexibility index (Phi) is 3.98. The van der Waals surface area contributed by atoms with E-state index >= 15 is 0 Å². The molecule has 2 heterocycles. The molecule has 0 bridgehead atoms. The lowest BCUT2D eigenvalue weighted by molar-refractivity contribution is -0.120. The van der Waals surface area contributed by atoms with Crippen LogP contribution in [0.1, 0.15) is 12.1 Å². The van der Waals surface area contributed by atoms with Crippen molar-refractivity contribution in [1.29, 1.82) is 0 Å². The maximum Gasteiger partial charge on any atom is 0.221 e. The van der Waals surface area contributed by atoms with Gasteiger partial charge >= 0.3 is 0 Å². The van der Waals surface area contributed by atoms with Gasteiger partial charge in [-0.15, -0.1) is 0 Å². The topological polar surface area (TPSA) is 68.3 Å². The van der Waals surface area contributed by atoms with Gasteiger partial charge in [-0.1, -0.05) is 21.1 Å². The number of alkyl halides is 1. The van der Waals surface area contributed by atoms with Crippen LogP contribution in [0, 0.1) is 0 Å². The lowest BCUT2D eigenvalue weighted by atomic mass is 10.3. The van der Waals surface area contributed by atoms with E-state index in [-0.39, 0.29) is 5.91 Å². The van der Waals surface area contributed by atoms with E-state index in [4.69, 9.17) is 8.94 Å². The van der Waals surface area contributed by atoms with Gasteiger partial charge in [0.1, 0.15) is 5.69 Å². The van der Waals surface area contributed by atoms with Crippen molar-refractivity contribution in [1.82, 2.24) is 10.5 Å². The van der Waals surface area contributed by atoms with E-state index in [1.165, 1.54) is 0 Å². The van der Waals surface area contributed by atoms with E-state index in [0.29, 0.717) is 35.5 Å². The molecule has 0 radical (unpaired) electrons. The van der Waals surface area contributed by atoms with E-state index in [1.54, 1.807) is 24.5 Å². The van der Waals surface area contributed by atoms with Crippen molar-refractivity contribution in [2.24, 2.45) is 0 Å². The van der Waals surface area contributed by atoms with Crippen molar-refractivity contribution < 1.29 is 13.7 Å². The largest absolute Gasteiger partial charge is 0.461 e. The Hall–Kier alpha value is -1.56. The average molecular weight is 299 g/mol. The Morgan fingerprint density at radius 1 is 1.47 bits per heavy atom. The number of carbonyl (C=O) groups excluding carboxylic acids is 1. The van der Waals surface area contributed by atoms with Gasteiger partial charge in [-0.3, -0.25) is 4.79 Å². The highest BCUT2D eigenvalue weighted by Gasteiger charge is 2.09. The third-order valence-corrected chi connectivity index (χ3v) is 2.51. The first-order valence-electron chi connectivity index (χ1n) is 5.11. The van der Waals surface area contributed by atoms with Crippen LogP contribution in [0.3, 0.4) is 0 Å². The third-order valence-electron chi connectivity index (χ3n) is 2.11. The molecule has 0 atom stereocenters. The molecule has 5 nitrogen and oxygen atoms in total. The molecule has 0 unspecified atom stereocenters. The molecule has 0 saturated carbocycles. The number of hydrogen-bond donors (Lipinski definition) is 1. The minimum absolute atomic E-state index is 0.0237. The number of hydrogen-bond acceptors (Lipinski definition) is 4. The number of rotatable bonds is 5. The molecular formula is C11H11BrN2O3. The minimum atomic E-state index is -0.0237. The highest BCUT2D eigenvalue weighted by molar-refractivity contribution is 9.09. The van der Waals surface area contributed by atoms with Crippen molar-refractivity contribution in [3.8, 4) is 11.5 Å². The Labute approximate surface area is 106 Å². The zero-order chi connectivity index (χ0) is 12.1. The molecule has 0 spiro atoms. The van der Waals surface area contributed by atoms with Gasteiger partial charge in [-0.2, -0.15) is 0 Å². The molecule has 0 fully saturated rings. The summed E-state index contributed by atoms with van der Waals surface area (Å²) in [6.07, 6.45) is 2.01. The SMILES string of the molecule is O=C(CCBr)NCc1cc(-c2ccco2)on1. The minimum Gasteiger partial charge on any atom is -0.461 e. The van der Waals surface area contributed by atoms with Crippen LogP contribution in [0.15, 0.2) is 33.4 Å². The number of amides is 1. The van der Waals surface area contributed by atoms with E-state index in [2.05, 4.69) is 26.4 Å². The molecule has 17 heavy (non-hydrogen) atoms. The Bertz CT molecular complexity index is 479. The lowest BCUT2D eigenvalue weighted by Gasteiger charge is -1.99. The summed E-state index contributed by atoms with van der Waals surface area (Å²) in [6.45, 7) is 0.357. The van der Waals surface area contributed by atoms with Gasteiger partial charge in [0.25, 0.3) is 0 Å². The summed E-state index contributed by atoms with van der Waals surface area (Å²) in [7, 11) is 0. The van der Waals surface area contributed by atoms with Gasteiger partial charge in [0.05, 0.1) is 12.8 Å². The second-order valence-corrected chi connectivity index (χ2v) is 4.17. The second-order valence-electron chi connectivity index (χ2n) is 3.38. The van der Waals surface area contributed by atoms with Crippen molar-refractivity contribution in [2.45, 2.75) is 13.0 Å². The molecule has 0 aliphatic carbocycles. The third kappa shape index (κ3) is 3.20. The quantitative estimate of drug-likeness (QED) is 0.860. The van der Waals surface area contributed by atoms with Crippen LogP contribution in [-0.4, -0.2) is 16.4 Å². The smallest absolute Gasteiger partial charge is 0.221 e. The number of nitrogens with zero attached hydrogens (tertiary/aromatic N) is 1. The fourth-order valence-electron chi connectivity index (χ4n) is 1.29. The van der Waals surface area contributed by atoms with Crippen molar-refractivity contribution in [3.63, 3.8) is 0 Å². The standard InChI is InChI=1S/C11H11BrN2O3/c12-4-3-11(15)13-7-8-6-10(17-14-8)9-2-1-5-16-9/h1-2,5-6H,3-4,7H2,(H,13,15). The molecule has 0 aliphatic heterocycles. The maximum absolute atomic E-state index is 11.2. The van der Waals surface area contributed by atoms with Gasteiger partial charge in [0.2, 0.25) is 11.7 Å². The molecule has 0 saturated heterocycles. The Morgan fingerprint density at radius 2 is 2.35 bits per heavy atom. The van der Waals surface area contributed by atoms with Gasteiger partial charge < -0.3 is 14.3 Å². The molecule has 2 aromatic rings. The van der Waals surface area contributed by atoms with Crippen LogP contribution >= 0.6 is 15.9 Å². The van der Waals surface area contributed by atoms with Crippen molar-refractivity contribution >= 4 is 21.8 Å². The van der Waals surface area contributed by atoms with Crippen LogP contribution in [0.2, 0.25) is 0 Å². The summed E-state index contributed by atoms with van der Waals surface area (Å²) in [5.74, 6) is 1.15. The molecule has 1 N–H and O–H groups in total. The van der Waals surface area contributed by atoms with Crippen LogP contribution in [0.5, 0.6) is 0 Å². The molecule has 0 aromatic carbocycles. The molecule has 0 aliphatic rings.